The molecule has 0 aromatic heterocycles. The molecule has 0 saturated carbocycles. The first kappa shape index (κ1) is 12.1. The number of ether oxygens (including phenoxy) is 1. The highest BCUT2D eigenvalue weighted by Crippen LogP contribution is 2.38. The van der Waals surface area contributed by atoms with Gasteiger partial charge in [0.1, 0.15) is 0 Å². The monoisotopic (exact) mass is 265 g/mol. The van der Waals surface area contributed by atoms with Crippen LogP contribution in [0.1, 0.15) is 29.7 Å². The van der Waals surface area contributed by atoms with Crippen molar-refractivity contribution < 1.29 is 4.74 Å². The van der Waals surface area contributed by atoms with Crippen LogP contribution < -0.4 is 5.32 Å². The SMILES string of the molecule is CC1CNCC(c2ccc3c(c2)Cc2ccccc2-3)O1. The summed E-state index contributed by atoms with van der Waals surface area (Å²) in [6.07, 6.45) is 1.53. The molecule has 1 heterocycles. The molecule has 2 aliphatic rings. The Morgan fingerprint density at radius 2 is 1.85 bits per heavy atom. The van der Waals surface area contributed by atoms with Crippen molar-refractivity contribution in [3.8, 4) is 11.1 Å². The van der Waals surface area contributed by atoms with E-state index in [1.807, 2.05) is 0 Å². The summed E-state index contributed by atoms with van der Waals surface area (Å²) >= 11 is 0. The van der Waals surface area contributed by atoms with Crippen LogP contribution in [0.15, 0.2) is 42.5 Å². The van der Waals surface area contributed by atoms with Crippen LogP contribution in [0.2, 0.25) is 0 Å². The number of hydrogen-bond donors (Lipinski definition) is 1. The predicted octanol–water partition coefficient (Wildman–Crippen LogP) is 3.31. The van der Waals surface area contributed by atoms with Gasteiger partial charge in [0, 0.05) is 13.1 Å². The van der Waals surface area contributed by atoms with Crippen molar-refractivity contribution >= 4 is 0 Å². The first-order valence-electron chi connectivity index (χ1n) is 7.38. The second-order valence-electron chi connectivity index (χ2n) is 5.84. The number of benzene rings is 2. The third-order valence-electron chi connectivity index (χ3n) is 4.35. The van der Waals surface area contributed by atoms with Gasteiger partial charge in [-0.05, 0) is 41.2 Å². The van der Waals surface area contributed by atoms with Crippen LogP contribution in [0.3, 0.4) is 0 Å². The van der Waals surface area contributed by atoms with Crippen molar-refractivity contribution in [3.63, 3.8) is 0 Å². The van der Waals surface area contributed by atoms with Gasteiger partial charge in [-0.3, -0.25) is 0 Å². The van der Waals surface area contributed by atoms with Gasteiger partial charge in [0.05, 0.1) is 12.2 Å². The summed E-state index contributed by atoms with van der Waals surface area (Å²) < 4.78 is 6.05. The van der Waals surface area contributed by atoms with Crippen molar-refractivity contribution in [2.24, 2.45) is 0 Å². The predicted molar refractivity (Wildman–Crippen MR) is 80.8 cm³/mol. The first-order chi connectivity index (χ1) is 9.81. The zero-order valence-electron chi connectivity index (χ0n) is 11.7. The van der Waals surface area contributed by atoms with Crippen LogP contribution in [-0.4, -0.2) is 19.2 Å². The molecule has 0 amide bonds. The maximum atomic E-state index is 6.05. The second-order valence-corrected chi connectivity index (χ2v) is 5.84. The maximum Gasteiger partial charge on any atom is 0.0953 e. The molecule has 4 rings (SSSR count). The van der Waals surface area contributed by atoms with E-state index in [0.717, 1.165) is 19.5 Å². The van der Waals surface area contributed by atoms with E-state index in [9.17, 15) is 0 Å². The molecular formula is C18H19NO. The van der Waals surface area contributed by atoms with Crippen molar-refractivity contribution in [2.45, 2.75) is 25.6 Å². The lowest BCUT2D eigenvalue weighted by Gasteiger charge is -2.29. The van der Waals surface area contributed by atoms with Crippen molar-refractivity contribution in [2.75, 3.05) is 13.1 Å². The number of hydrogen-bond acceptors (Lipinski definition) is 2. The van der Waals surface area contributed by atoms with Crippen LogP contribution in [0, 0.1) is 0 Å². The van der Waals surface area contributed by atoms with E-state index in [2.05, 4.69) is 54.7 Å². The van der Waals surface area contributed by atoms with E-state index >= 15 is 0 Å². The second kappa shape index (κ2) is 4.72. The van der Waals surface area contributed by atoms with E-state index in [-0.39, 0.29) is 6.10 Å². The molecule has 2 nitrogen and oxygen atoms in total. The molecule has 2 aromatic carbocycles. The molecule has 2 unspecified atom stereocenters. The van der Waals surface area contributed by atoms with Crippen LogP contribution in [-0.2, 0) is 11.2 Å². The fraction of sp³-hybridized carbons (Fsp3) is 0.333. The lowest BCUT2D eigenvalue weighted by atomic mass is 10.00. The molecule has 20 heavy (non-hydrogen) atoms. The summed E-state index contributed by atoms with van der Waals surface area (Å²) in [4.78, 5) is 0. The summed E-state index contributed by atoms with van der Waals surface area (Å²) in [6, 6.07) is 15.5. The van der Waals surface area contributed by atoms with Crippen LogP contribution in [0.5, 0.6) is 0 Å². The minimum atomic E-state index is 0.188. The Kier molecular flexibility index (Phi) is 2.86. The van der Waals surface area contributed by atoms with Crippen LogP contribution in [0.25, 0.3) is 11.1 Å². The van der Waals surface area contributed by atoms with Crippen LogP contribution in [0.4, 0.5) is 0 Å². The van der Waals surface area contributed by atoms with Gasteiger partial charge < -0.3 is 10.1 Å². The van der Waals surface area contributed by atoms with Crippen molar-refractivity contribution in [3.05, 3.63) is 59.2 Å². The molecular weight excluding hydrogens is 246 g/mol. The Hall–Kier alpha value is -1.64. The Morgan fingerprint density at radius 1 is 1.00 bits per heavy atom. The Balaban J connectivity index is 1.68. The van der Waals surface area contributed by atoms with E-state index in [4.69, 9.17) is 4.74 Å². The number of rotatable bonds is 1. The largest absolute Gasteiger partial charge is 0.368 e. The van der Waals surface area contributed by atoms with E-state index in [1.54, 1.807) is 0 Å². The molecule has 0 spiro atoms. The molecule has 0 bridgehead atoms. The van der Waals surface area contributed by atoms with Crippen LogP contribution >= 0.6 is 0 Å². The van der Waals surface area contributed by atoms with Gasteiger partial charge in [-0.1, -0.05) is 42.5 Å². The Morgan fingerprint density at radius 3 is 2.75 bits per heavy atom. The highest BCUT2D eigenvalue weighted by atomic mass is 16.5. The average molecular weight is 265 g/mol. The molecule has 1 saturated heterocycles. The summed E-state index contributed by atoms with van der Waals surface area (Å²) in [5, 5.41) is 3.44. The van der Waals surface area contributed by atoms with Gasteiger partial charge in [0.2, 0.25) is 0 Å². The molecule has 1 fully saturated rings. The van der Waals surface area contributed by atoms with E-state index in [1.165, 1.54) is 27.8 Å². The number of nitrogens with one attached hydrogen (secondary N) is 1. The smallest absolute Gasteiger partial charge is 0.0953 e. The summed E-state index contributed by atoms with van der Waals surface area (Å²) in [5.41, 5.74) is 6.96. The van der Waals surface area contributed by atoms with E-state index < -0.39 is 0 Å². The molecule has 1 N–H and O–H groups in total. The fourth-order valence-electron chi connectivity index (χ4n) is 3.36. The number of morpholine rings is 1. The molecule has 2 atom stereocenters. The summed E-state index contributed by atoms with van der Waals surface area (Å²) in [7, 11) is 0. The zero-order chi connectivity index (χ0) is 13.5. The first-order valence-corrected chi connectivity index (χ1v) is 7.38. The lowest BCUT2D eigenvalue weighted by Crippen LogP contribution is -2.38. The third-order valence-corrected chi connectivity index (χ3v) is 4.35. The summed E-state index contributed by atoms with van der Waals surface area (Å²) in [6.45, 7) is 3.99. The highest BCUT2D eigenvalue weighted by Gasteiger charge is 2.23. The average Bonchev–Trinajstić information content (AvgIpc) is 2.85. The van der Waals surface area contributed by atoms with Crippen molar-refractivity contribution in [1.29, 1.82) is 0 Å². The maximum absolute atomic E-state index is 6.05. The van der Waals surface area contributed by atoms with Gasteiger partial charge in [0.15, 0.2) is 0 Å². The molecule has 1 aliphatic heterocycles. The molecule has 0 radical (unpaired) electrons. The lowest BCUT2D eigenvalue weighted by molar-refractivity contribution is -0.0287. The fourth-order valence-corrected chi connectivity index (χ4v) is 3.36. The quantitative estimate of drug-likeness (QED) is 0.729. The van der Waals surface area contributed by atoms with Gasteiger partial charge >= 0.3 is 0 Å². The Bertz CT molecular complexity index is 650. The zero-order valence-corrected chi connectivity index (χ0v) is 11.7. The van der Waals surface area contributed by atoms with E-state index in [0.29, 0.717) is 6.10 Å². The minimum Gasteiger partial charge on any atom is -0.368 e. The minimum absolute atomic E-state index is 0.188. The number of fused-ring (bicyclic) bond motifs is 3. The standard InChI is InChI=1S/C18H19NO/c1-12-10-19-11-18(20-12)14-6-7-17-15(9-14)8-13-4-2-3-5-16(13)17/h2-7,9,12,18-19H,8,10-11H2,1H3. The van der Waals surface area contributed by atoms with Gasteiger partial charge in [-0.2, -0.15) is 0 Å². The molecule has 102 valence electrons. The van der Waals surface area contributed by atoms with Gasteiger partial charge in [-0.25, -0.2) is 0 Å². The highest BCUT2D eigenvalue weighted by molar-refractivity contribution is 5.76. The molecule has 2 heteroatoms. The normalized spacial score (nSPS) is 24.2. The van der Waals surface area contributed by atoms with Gasteiger partial charge in [-0.15, -0.1) is 0 Å². The summed E-state index contributed by atoms with van der Waals surface area (Å²) in [5.74, 6) is 0. The molecule has 1 aliphatic carbocycles. The van der Waals surface area contributed by atoms with Crippen molar-refractivity contribution in [1.82, 2.24) is 5.32 Å². The topological polar surface area (TPSA) is 21.3 Å². The third kappa shape index (κ3) is 1.96. The molecule has 2 aromatic rings. The van der Waals surface area contributed by atoms with Gasteiger partial charge in [0.25, 0.3) is 0 Å². The Labute approximate surface area is 119 Å².